The lowest BCUT2D eigenvalue weighted by Crippen LogP contribution is -2.50. The first kappa shape index (κ1) is 19.1. The molecule has 0 bridgehead atoms. The molecule has 0 saturated heterocycles. The van der Waals surface area contributed by atoms with E-state index in [9.17, 15) is 14.8 Å². The van der Waals surface area contributed by atoms with Gasteiger partial charge >= 0.3 is 7.12 Å². The number of oxime groups is 1. The Kier molecular flexibility index (Phi) is 6.51. The van der Waals surface area contributed by atoms with Crippen LogP contribution in [0.3, 0.4) is 0 Å². The van der Waals surface area contributed by atoms with Gasteiger partial charge in [-0.25, -0.2) is 0 Å². The molecule has 0 fully saturated rings. The quantitative estimate of drug-likeness (QED) is 0.666. The third kappa shape index (κ3) is 4.86. The molecule has 1 heterocycles. The van der Waals surface area contributed by atoms with E-state index in [0.717, 1.165) is 0 Å². The van der Waals surface area contributed by atoms with Crippen LogP contribution < -0.4 is 5.32 Å². The van der Waals surface area contributed by atoms with Gasteiger partial charge in [0.15, 0.2) is 0 Å². The van der Waals surface area contributed by atoms with E-state index in [1.807, 2.05) is 13.8 Å². The van der Waals surface area contributed by atoms with Gasteiger partial charge in [0.05, 0.1) is 11.7 Å². The summed E-state index contributed by atoms with van der Waals surface area (Å²) in [6, 6.07) is 4.97. The SMILES string of the molecule is CC(C)C[C@H](NC(=O)C1CC(c2cc(Cl)ccc2Cl)=NO1)B(O)O. The van der Waals surface area contributed by atoms with Crippen molar-refractivity contribution in [2.75, 3.05) is 0 Å². The Hall–Kier alpha value is -1.28. The molecule has 0 radical (unpaired) electrons. The minimum atomic E-state index is -1.64. The highest BCUT2D eigenvalue weighted by Gasteiger charge is 2.34. The lowest BCUT2D eigenvalue weighted by Gasteiger charge is -2.20. The van der Waals surface area contributed by atoms with Crippen molar-refractivity contribution in [3.63, 3.8) is 0 Å². The molecule has 9 heteroatoms. The Morgan fingerprint density at radius 1 is 1.46 bits per heavy atom. The zero-order chi connectivity index (χ0) is 17.9. The Morgan fingerprint density at radius 2 is 2.17 bits per heavy atom. The van der Waals surface area contributed by atoms with Gasteiger partial charge < -0.3 is 20.2 Å². The molecule has 130 valence electrons. The average molecular weight is 373 g/mol. The van der Waals surface area contributed by atoms with Crippen molar-refractivity contribution in [2.24, 2.45) is 11.1 Å². The summed E-state index contributed by atoms with van der Waals surface area (Å²) in [7, 11) is -1.64. The van der Waals surface area contributed by atoms with Gasteiger partial charge in [-0.1, -0.05) is 42.2 Å². The van der Waals surface area contributed by atoms with Gasteiger partial charge in [0.2, 0.25) is 6.10 Å². The maximum atomic E-state index is 12.3. The first-order valence-electron chi connectivity index (χ1n) is 7.62. The van der Waals surface area contributed by atoms with Crippen LogP contribution in [0.15, 0.2) is 23.4 Å². The minimum absolute atomic E-state index is 0.193. The zero-order valence-electron chi connectivity index (χ0n) is 13.4. The lowest BCUT2D eigenvalue weighted by molar-refractivity contribution is -0.131. The monoisotopic (exact) mass is 372 g/mol. The van der Waals surface area contributed by atoms with E-state index in [2.05, 4.69) is 10.5 Å². The summed E-state index contributed by atoms with van der Waals surface area (Å²) in [5.41, 5.74) is 1.13. The van der Waals surface area contributed by atoms with Crippen molar-refractivity contribution < 1.29 is 19.7 Å². The van der Waals surface area contributed by atoms with Crippen molar-refractivity contribution >= 4 is 41.9 Å². The summed E-state index contributed by atoms with van der Waals surface area (Å²) in [6.45, 7) is 3.85. The molecule has 0 saturated carbocycles. The van der Waals surface area contributed by atoms with Crippen molar-refractivity contribution in [2.45, 2.75) is 38.7 Å². The molecule has 1 aromatic rings. The van der Waals surface area contributed by atoms with Gasteiger partial charge in [-0.2, -0.15) is 0 Å². The number of amides is 1. The maximum absolute atomic E-state index is 12.3. The van der Waals surface area contributed by atoms with E-state index >= 15 is 0 Å². The Labute approximate surface area is 150 Å². The molecular weight excluding hydrogens is 354 g/mol. The highest BCUT2D eigenvalue weighted by Crippen LogP contribution is 2.26. The second kappa shape index (κ2) is 8.20. The summed E-state index contributed by atoms with van der Waals surface area (Å²) >= 11 is 12.1. The summed E-state index contributed by atoms with van der Waals surface area (Å²) in [6.07, 6.45) is -0.186. The van der Waals surface area contributed by atoms with E-state index in [1.54, 1.807) is 18.2 Å². The van der Waals surface area contributed by atoms with Crippen LogP contribution in [0, 0.1) is 5.92 Å². The van der Waals surface area contributed by atoms with E-state index in [0.29, 0.717) is 27.7 Å². The van der Waals surface area contributed by atoms with E-state index in [1.165, 1.54) is 0 Å². The van der Waals surface area contributed by atoms with Crippen LogP contribution >= 0.6 is 23.2 Å². The van der Waals surface area contributed by atoms with Crippen molar-refractivity contribution in [3.05, 3.63) is 33.8 Å². The number of hydrogen-bond acceptors (Lipinski definition) is 5. The number of benzene rings is 1. The fourth-order valence-corrected chi connectivity index (χ4v) is 2.83. The molecule has 1 unspecified atom stereocenters. The summed E-state index contributed by atoms with van der Waals surface area (Å²) < 4.78 is 0. The largest absolute Gasteiger partial charge is 0.475 e. The van der Waals surface area contributed by atoms with Crippen LogP contribution in [0.5, 0.6) is 0 Å². The maximum Gasteiger partial charge on any atom is 0.475 e. The van der Waals surface area contributed by atoms with E-state index in [4.69, 9.17) is 28.0 Å². The van der Waals surface area contributed by atoms with Crippen molar-refractivity contribution in [1.29, 1.82) is 0 Å². The molecule has 0 aliphatic carbocycles. The van der Waals surface area contributed by atoms with E-state index in [-0.39, 0.29) is 12.3 Å². The van der Waals surface area contributed by atoms with Gasteiger partial charge in [0, 0.05) is 22.0 Å². The smallest absolute Gasteiger partial charge is 0.426 e. The molecule has 24 heavy (non-hydrogen) atoms. The molecule has 0 spiro atoms. The van der Waals surface area contributed by atoms with E-state index < -0.39 is 25.1 Å². The highest BCUT2D eigenvalue weighted by atomic mass is 35.5. The highest BCUT2D eigenvalue weighted by molar-refractivity contribution is 6.43. The zero-order valence-corrected chi connectivity index (χ0v) is 14.9. The number of hydrogen-bond donors (Lipinski definition) is 3. The second-order valence-corrected chi connectivity index (χ2v) is 6.96. The van der Waals surface area contributed by atoms with Crippen LogP contribution in [0.25, 0.3) is 0 Å². The molecule has 3 N–H and O–H groups in total. The fourth-order valence-electron chi connectivity index (χ4n) is 2.43. The van der Waals surface area contributed by atoms with Gasteiger partial charge in [-0.3, -0.25) is 4.79 Å². The number of carbonyl (C=O) groups is 1. The fraction of sp³-hybridized carbons (Fsp3) is 0.467. The number of carbonyl (C=O) groups excluding carboxylic acids is 1. The number of nitrogens with zero attached hydrogens (tertiary/aromatic N) is 1. The second-order valence-electron chi connectivity index (χ2n) is 6.12. The third-order valence-corrected chi connectivity index (χ3v) is 4.18. The molecule has 6 nitrogen and oxygen atoms in total. The first-order chi connectivity index (χ1) is 11.3. The van der Waals surface area contributed by atoms with Crippen LogP contribution in [0.4, 0.5) is 0 Å². The normalized spacial score (nSPS) is 18.1. The topological polar surface area (TPSA) is 91.2 Å². The van der Waals surface area contributed by atoms with Crippen LogP contribution in [-0.2, 0) is 9.63 Å². The van der Waals surface area contributed by atoms with Gasteiger partial charge in [-0.05, 0) is 30.5 Å². The predicted molar refractivity (Wildman–Crippen MR) is 94.1 cm³/mol. The Balaban J connectivity index is 2.01. The minimum Gasteiger partial charge on any atom is -0.426 e. The van der Waals surface area contributed by atoms with Crippen molar-refractivity contribution in [1.82, 2.24) is 5.32 Å². The van der Waals surface area contributed by atoms with Crippen LogP contribution in [0.1, 0.15) is 32.3 Å². The molecule has 0 aromatic heterocycles. The summed E-state index contributed by atoms with van der Waals surface area (Å²) in [5.74, 6) is -1.02. The van der Waals surface area contributed by atoms with Crippen LogP contribution in [-0.4, -0.2) is 40.8 Å². The Bertz CT molecular complexity index is 640. The van der Waals surface area contributed by atoms with Crippen LogP contribution in [0.2, 0.25) is 10.0 Å². The average Bonchev–Trinajstić information content (AvgIpc) is 2.98. The summed E-state index contributed by atoms with van der Waals surface area (Å²) in [4.78, 5) is 17.5. The third-order valence-electron chi connectivity index (χ3n) is 3.61. The molecule has 2 atom stereocenters. The van der Waals surface area contributed by atoms with Gasteiger partial charge in [0.25, 0.3) is 5.91 Å². The standard InChI is InChI=1S/C15H19BCl2N2O4/c1-8(2)5-14(16(22)23)19-15(21)13-7-12(20-24-13)10-6-9(17)3-4-11(10)18/h3-4,6,8,13-14,22-23H,5,7H2,1-2H3,(H,19,21)/t13?,14-/m0/s1. The predicted octanol–water partition coefficient (Wildman–Crippen LogP) is 2.03. The molecule has 1 amide bonds. The molecule has 1 aliphatic heterocycles. The molecule has 2 rings (SSSR count). The molecular formula is C15H19BCl2N2O4. The number of halogens is 2. The first-order valence-corrected chi connectivity index (χ1v) is 8.38. The van der Waals surface area contributed by atoms with Gasteiger partial charge in [0.1, 0.15) is 0 Å². The number of nitrogens with one attached hydrogen (secondary N) is 1. The molecule has 1 aliphatic rings. The lowest BCUT2D eigenvalue weighted by atomic mass is 9.75. The van der Waals surface area contributed by atoms with Crippen molar-refractivity contribution in [3.8, 4) is 0 Å². The van der Waals surface area contributed by atoms with Gasteiger partial charge in [-0.15, -0.1) is 0 Å². The molecule has 1 aromatic carbocycles. The summed E-state index contributed by atoms with van der Waals surface area (Å²) in [5, 5.41) is 26.2. The number of rotatable bonds is 6. The Morgan fingerprint density at radius 3 is 2.79 bits per heavy atom.